The fourth-order valence-electron chi connectivity index (χ4n) is 5.46. The SMILES string of the molecule is CC1=NC=CC1CCC1=Cc2cccnc2C(C2CCN(C)CC2)c2ccc(Cl)cc21. The van der Waals surface area contributed by atoms with E-state index in [1.165, 1.54) is 46.5 Å². The molecule has 2 atom stereocenters. The normalized spacial score (nSPS) is 23.7. The number of hydrogen-bond donors (Lipinski definition) is 0. The van der Waals surface area contributed by atoms with Crippen LogP contribution in [0.15, 0.2) is 53.8 Å². The zero-order valence-corrected chi connectivity index (χ0v) is 19.1. The maximum Gasteiger partial charge on any atom is 0.0553 e. The quantitative estimate of drug-likeness (QED) is 0.556. The summed E-state index contributed by atoms with van der Waals surface area (Å²) < 4.78 is 0. The van der Waals surface area contributed by atoms with E-state index >= 15 is 0 Å². The molecule has 3 heterocycles. The smallest absolute Gasteiger partial charge is 0.0553 e. The van der Waals surface area contributed by atoms with Crippen LogP contribution in [0.3, 0.4) is 0 Å². The number of piperidine rings is 1. The molecule has 1 aliphatic carbocycles. The highest BCUT2D eigenvalue weighted by Gasteiger charge is 2.34. The monoisotopic (exact) mass is 431 g/mol. The number of aliphatic imine (C=N–C) groups is 1. The summed E-state index contributed by atoms with van der Waals surface area (Å²) in [6.45, 7) is 4.44. The zero-order valence-electron chi connectivity index (χ0n) is 18.4. The molecule has 0 amide bonds. The summed E-state index contributed by atoms with van der Waals surface area (Å²) in [5, 5.41) is 0.809. The van der Waals surface area contributed by atoms with E-state index in [2.05, 4.69) is 66.3 Å². The largest absolute Gasteiger partial charge is 0.306 e. The first-order valence-electron chi connectivity index (χ1n) is 11.4. The molecule has 0 radical (unpaired) electrons. The third kappa shape index (κ3) is 4.14. The van der Waals surface area contributed by atoms with E-state index in [9.17, 15) is 0 Å². The summed E-state index contributed by atoms with van der Waals surface area (Å²) in [4.78, 5) is 11.8. The van der Waals surface area contributed by atoms with Gasteiger partial charge in [0.05, 0.1) is 5.69 Å². The predicted molar refractivity (Wildman–Crippen MR) is 131 cm³/mol. The van der Waals surface area contributed by atoms with Gasteiger partial charge < -0.3 is 4.90 Å². The number of pyridine rings is 1. The highest BCUT2D eigenvalue weighted by Crippen LogP contribution is 2.45. The number of fused-ring (bicyclic) bond motifs is 2. The lowest BCUT2D eigenvalue weighted by Crippen LogP contribution is -2.33. The Hall–Kier alpha value is -2.23. The second-order valence-corrected chi connectivity index (χ2v) is 9.69. The van der Waals surface area contributed by atoms with Crippen molar-refractivity contribution >= 4 is 29.0 Å². The average molecular weight is 432 g/mol. The average Bonchev–Trinajstić information content (AvgIpc) is 3.13. The van der Waals surface area contributed by atoms with Crippen molar-refractivity contribution in [2.75, 3.05) is 20.1 Å². The first kappa shape index (κ1) is 20.7. The maximum atomic E-state index is 6.53. The third-order valence-electron chi connectivity index (χ3n) is 7.28. The number of nitrogens with zero attached hydrogens (tertiary/aromatic N) is 3. The van der Waals surface area contributed by atoms with Crippen molar-refractivity contribution in [1.29, 1.82) is 0 Å². The number of rotatable bonds is 4. The van der Waals surface area contributed by atoms with Crippen molar-refractivity contribution in [3.63, 3.8) is 0 Å². The fraction of sp³-hybridized carbons (Fsp3) is 0.407. The highest BCUT2D eigenvalue weighted by atomic mass is 35.5. The Morgan fingerprint density at radius 3 is 2.77 bits per heavy atom. The first-order valence-corrected chi connectivity index (χ1v) is 11.8. The third-order valence-corrected chi connectivity index (χ3v) is 7.52. The molecular formula is C27H30ClN3. The van der Waals surface area contributed by atoms with Gasteiger partial charge in [0, 0.05) is 35.0 Å². The molecule has 1 saturated heterocycles. The lowest BCUT2D eigenvalue weighted by atomic mass is 9.76. The van der Waals surface area contributed by atoms with Crippen LogP contribution in [0.1, 0.15) is 60.9 Å². The fourth-order valence-corrected chi connectivity index (χ4v) is 5.64. The maximum absolute atomic E-state index is 6.53. The molecule has 3 nitrogen and oxygen atoms in total. The van der Waals surface area contributed by atoms with Crippen LogP contribution < -0.4 is 0 Å². The standard InChI is InChI=1S/C27H30ClN3/c1-18-19(9-13-29-18)5-6-21-16-22-4-3-12-30-27(22)26(20-10-14-31(2)15-11-20)24-8-7-23(28)17-25(21)24/h3-4,7-9,12-13,16-17,19-20,26H,5-6,10-11,14-15H2,1-2H3. The van der Waals surface area contributed by atoms with Gasteiger partial charge in [-0.2, -0.15) is 0 Å². The lowest BCUT2D eigenvalue weighted by molar-refractivity contribution is 0.206. The van der Waals surface area contributed by atoms with E-state index in [0.29, 0.717) is 17.8 Å². The molecule has 2 aromatic rings. The molecule has 2 aliphatic heterocycles. The molecule has 1 aromatic heterocycles. The molecule has 1 fully saturated rings. The zero-order chi connectivity index (χ0) is 21.4. The summed E-state index contributed by atoms with van der Waals surface area (Å²) in [5.41, 5.74) is 7.79. The van der Waals surface area contributed by atoms with E-state index in [-0.39, 0.29) is 0 Å². The molecular weight excluding hydrogens is 402 g/mol. The summed E-state index contributed by atoms with van der Waals surface area (Å²) >= 11 is 6.53. The molecule has 3 aliphatic rings. The van der Waals surface area contributed by atoms with Crippen LogP contribution >= 0.6 is 11.6 Å². The topological polar surface area (TPSA) is 28.5 Å². The molecule has 0 N–H and O–H groups in total. The van der Waals surface area contributed by atoms with Crippen molar-refractivity contribution in [2.24, 2.45) is 16.8 Å². The van der Waals surface area contributed by atoms with Crippen LogP contribution in [-0.4, -0.2) is 35.7 Å². The molecule has 0 bridgehead atoms. The van der Waals surface area contributed by atoms with Gasteiger partial charge in [0.1, 0.15) is 0 Å². The van der Waals surface area contributed by atoms with Crippen molar-refractivity contribution in [3.05, 3.63) is 76.2 Å². The van der Waals surface area contributed by atoms with E-state index in [4.69, 9.17) is 16.6 Å². The summed E-state index contributed by atoms with van der Waals surface area (Å²) in [5.74, 6) is 1.36. The Balaban J connectivity index is 1.57. The number of likely N-dealkylation sites (tertiary alicyclic amines) is 1. The minimum Gasteiger partial charge on any atom is -0.306 e. The Kier molecular flexibility index (Phi) is 5.81. The molecule has 1 aromatic carbocycles. The van der Waals surface area contributed by atoms with Crippen LogP contribution in [0, 0.1) is 11.8 Å². The van der Waals surface area contributed by atoms with Crippen molar-refractivity contribution < 1.29 is 0 Å². The molecule has 2 unspecified atom stereocenters. The lowest BCUT2D eigenvalue weighted by Gasteiger charge is -2.35. The summed E-state index contributed by atoms with van der Waals surface area (Å²) in [6.07, 6.45) is 13.0. The van der Waals surface area contributed by atoms with Gasteiger partial charge in [-0.3, -0.25) is 9.98 Å². The molecule has 5 rings (SSSR count). The number of hydrogen-bond acceptors (Lipinski definition) is 3. The minimum atomic E-state index is 0.320. The number of benzene rings is 1. The predicted octanol–water partition coefficient (Wildman–Crippen LogP) is 6.45. The van der Waals surface area contributed by atoms with Gasteiger partial charge in [0.2, 0.25) is 0 Å². The van der Waals surface area contributed by atoms with E-state index in [1.807, 2.05) is 12.4 Å². The van der Waals surface area contributed by atoms with E-state index < -0.39 is 0 Å². The second-order valence-electron chi connectivity index (χ2n) is 9.25. The molecule has 0 spiro atoms. The van der Waals surface area contributed by atoms with Crippen LogP contribution in [0.5, 0.6) is 0 Å². The van der Waals surface area contributed by atoms with Crippen molar-refractivity contribution in [3.8, 4) is 0 Å². The molecule has 31 heavy (non-hydrogen) atoms. The van der Waals surface area contributed by atoms with Gasteiger partial charge in [0.25, 0.3) is 0 Å². The van der Waals surface area contributed by atoms with E-state index in [1.54, 1.807) is 0 Å². The van der Waals surface area contributed by atoms with Crippen LogP contribution in [0.25, 0.3) is 11.6 Å². The molecule has 0 saturated carbocycles. The van der Waals surface area contributed by atoms with Crippen LogP contribution in [0.2, 0.25) is 5.02 Å². The Morgan fingerprint density at radius 2 is 2.00 bits per heavy atom. The van der Waals surface area contributed by atoms with Gasteiger partial charge in [-0.1, -0.05) is 29.8 Å². The minimum absolute atomic E-state index is 0.320. The Morgan fingerprint density at radius 1 is 1.16 bits per heavy atom. The first-order chi connectivity index (χ1) is 15.1. The Bertz CT molecular complexity index is 1060. The van der Waals surface area contributed by atoms with Crippen LogP contribution in [0.4, 0.5) is 0 Å². The van der Waals surface area contributed by atoms with Gasteiger partial charge in [-0.05, 0) is 105 Å². The summed E-state index contributed by atoms with van der Waals surface area (Å²) in [6, 6.07) is 10.8. The van der Waals surface area contributed by atoms with Gasteiger partial charge in [0.15, 0.2) is 0 Å². The number of allylic oxidation sites excluding steroid dienone is 2. The number of aromatic nitrogens is 1. The van der Waals surface area contributed by atoms with Gasteiger partial charge in [-0.25, -0.2) is 0 Å². The second kappa shape index (κ2) is 8.72. The van der Waals surface area contributed by atoms with Crippen molar-refractivity contribution in [2.45, 2.75) is 38.5 Å². The Labute approximate surface area is 190 Å². The van der Waals surface area contributed by atoms with E-state index in [0.717, 1.165) is 31.0 Å². The number of halogens is 1. The van der Waals surface area contributed by atoms with Gasteiger partial charge in [-0.15, -0.1) is 0 Å². The summed E-state index contributed by atoms with van der Waals surface area (Å²) in [7, 11) is 2.23. The van der Waals surface area contributed by atoms with Crippen molar-refractivity contribution in [1.82, 2.24) is 9.88 Å². The highest BCUT2D eigenvalue weighted by molar-refractivity contribution is 6.30. The van der Waals surface area contributed by atoms with Gasteiger partial charge >= 0.3 is 0 Å². The molecule has 4 heteroatoms. The van der Waals surface area contributed by atoms with Crippen LogP contribution in [-0.2, 0) is 0 Å². The molecule has 160 valence electrons.